The molecule has 0 N–H and O–H groups in total. The van der Waals surface area contributed by atoms with E-state index < -0.39 is 0 Å². The van der Waals surface area contributed by atoms with Crippen molar-refractivity contribution in [2.45, 2.75) is 13.0 Å². The number of carbonyl (C=O) groups excluding carboxylic acids is 1. The van der Waals surface area contributed by atoms with Gasteiger partial charge in [-0.3, -0.25) is 14.7 Å². The smallest absolute Gasteiger partial charge is 0.227 e. The van der Waals surface area contributed by atoms with Crippen LogP contribution in [0.5, 0.6) is 0 Å². The molecule has 0 radical (unpaired) electrons. The van der Waals surface area contributed by atoms with Crippen molar-refractivity contribution >= 4 is 5.91 Å². The van der Waals surface area contributed by atoms with Crippen LogP contribution in [0.4, 0.5) is 0 Å². The Morgan fingerprint density at radius 1 is 1.25 bits per heavy atom. The number of nitrogens with zero attached hydrogens (tertiary/aromatic N) is 4. The van der Waals surface area contributed by atoms with E-state index in [4.69, 9.17) is 4.74 Å². The second-order valence-electron chi connectivity index (χ2n) is 6.74. The molecule has 2 fully saturated rings. The first-order valence-electron chi connectivity index (χ1n) is 8.87. The van der Waals surface area contributed by atoms with Gasteiger partial charge in [0.2, 0.25) is 5.91 Å². The fourth-order valence-corrected chi connectivity index (χ4v) is 3.59. The molecule has 0 saturated carbocycles. The molecule has 6 heteroatoms. The van der Waals surface area contributed by atoms with Gasteiger partial charge in [-0.25, -0.2) is 0 Å². The number of carbonyl (C=O) groups is 1. The second kappa shape index (κ2) is 8.55. The minimum absolute atomic E-state index is 0.173. The summed E-state index contributed by atoms with van der Waals surface area (Å²) in [6.07, 6.45) is 4.71. The van der Waals surface area contributed by atoms with Crippen LogP contribution < -0.4 is 0 Å². The van der Waals surface area contributed by atoms with Crippen molar-refractivity contribution in [3.63, 3.8) is 0 Å². The summed E-state index contributed by atoms with van der Waals surface area (Å²) >= 11 is 0. The molecule has 3 heterocycles. The summed E-state index contributed by atoms with van der Waals surface area (Å²) in [6, 6.07) is 4.09. The third-order valence-corrected chi connectivity index (χ3v) is 5.05. The number of amides is 1. The topological polar surface area (TPSA) is 48.9 Å². The molecule has 6 nitrogen and oxygen atoms in total. The van der Waals surface area contributed by atoms with Crippen molar-refractivity contribution in [1.82, 2.24) is 19.7 Å². The summed E-state index contributed by atoms with van der Waals surface area (Å²) in [4.78, 5) is 23.7. The molecule has 2 aliphatic heterocycles. The van der Waals surface area contributed by atoms with E-state index in [2.05, 4.69) is 25.8 Å². The van der Waals surface area contributed by atoms with Gasteiger partial charge in [-0.15, -0.1) is 0 Å². The first-order valence-corrected chi connectivity index (χ1v) is 8.87. The average Bonchev–Trinajstić information content (AvgIpc) is 3.10. The van der Waals surface area contributed by atoms with Crippen LogP contribution >= 0.6 is 0 Å². The molecule has 0 spiro atoms. The van der Waals surface area contributed by atoms with Gasteiger partial charge in [-0.2, -0.15) is 0 Å². The molecule has 132 valence electrons. The molecular formula is C18H28N4O2. The Bertz CT molecular complexity index is 517. The summed E-state index contributed by atoms with van der Waals surface area (Å²) in [6.45, 7) is 8.07. The summed E-state index contributed by atoms with van der Waals surface area (Å²) in [5.41, 5.74) is 1.24. The van der Waals surface area contributed by atoms with Gasteiger partial charge in [-0.1, -0.05) is 6.07 Å². The van der Waals surface area contributed by atoms with E-state index in [-0.39, 0.29) is 5.92 Å². The van der Waals surface area contributed by atoms with Crippen LogP contribution in [-0.2, 0) is 16.1 Å². The lowest BCUT2D eigenvalue weighted by Crippen LogP contribution is -2.50. The number of piperazine rings is 1. The largest absolute Gasteiger partial charge is 0.383 e. The van der Waals surface area contributed by atoms with E-state index in [9.17, 15) is 4.79 Å². The molecule has 1 aromatic heterocycles. The maximum atomic E-state index is 12.7. The summed E-state index contributed by atoms with van der Waals surface area (Å²) < 4.78 is 5.13. The van der Waals surface area contributed by atoms with Gasteiger partial charge < -0.3 is 14.5 Å². The normalized spacial score (nSPS) is 22.9. The van der Waals surface area contributed by atoms with Crippen LogP contribution in [0.3, 0.4) is 0 Å². The third kappa shape index (κ3) is 4.53. The van der Waals surface area contributed by atoms with Crippen molar-refractivity contribution in [1.29, 1.82) is 0 Å². The fraction of sp³-hybridized carbons (Fsp3) is 0.667. The lowest BCUT2D eigenvalue weighted by atomic mass is 10.1. The summed E-state index contributed by atoms with van der Waals surface area (Å²) in [5.74, 6) is 0.516. The van der Waals surface area contributed by atoms with E-state index in [0.717, 1.165) is 65.4 Å². The molecular weight excluding hydrogens is 304 g/mol. The van der Waals surface area contributed by atoms with Crippen LogP contribution in [0, 0.1) is 5.92 Å². The van der Waals surface area contributed by atoms with Crippen LogP contribution in [0.15, 0.2) is 24.5 Å². The molecule has 3 rings (SSSR count). The predicted molar refractivity (Wildman–Crippen MR) is 92.5 cm³/mol. The highest BCUT2D eigenvalue weighted by Gasteiger charge is 2.32. The van der Waals surface area contributed by atoms with Crippen LogP contribution in [-0.4, -0.2) is 85.1 Å². The quantitative estimate of drug-likeness (QED) is 0.767. The van der Waals surface area contributed by atoms with Gasteiger partial charge in [-0.05, 0) is 24.6 Å². The molecule has 24 heavy (non-hydrogen) atoms. The zero-order chi connectivity index (χ0) is 16.8. The second-order valence-corrected chi connectivity index (χ2v) is 6.74. The zero-order valence-electron chi connectivity index (χ0n) is 14.6. The standard InChI is InChI=1S/C18H28N4O2/c1-24-12-11-20-6-4-17(15-20)18(23)22-9-7-21(8-10-22)14-16-3-2-5-19-13-16/h2-3,5,13,17H,4,6-12,14-15H2,1H3/t17-/m0/s1. The van der Waals surface area contributed by atoms with E-state index in [1.54, 1.807) is 13.3 Å². The van der Waals surface area contributed by atoms with Crippen molar-refractivity contribution < 1.29 is 9.53 Å². The summed E-state index contributed by atoms with van der Waals surface area (Å²) in [7, 11) is 1.73. The van der Waals surface area contributed by atoms with Crippen molar-refractivity contribution in [3.8, 4) is 0 Å². The maximum Gasteiger partial charge on any atom is 0.227 e. The number of rotatable bonds is 6. The maximum absolute atomic E-state index is 12.7. The highest BCUT2D eigenvalue weighted by Crippen LogP contribution is 2.19. The Balaban J connectivity index is 1.42. The van der Waals surface area contributed by atoms with Crippen molar-refractivity contribution in [3.05, 3.63) is 30.1 Å². The highest BCUT2D eigenvalue weighted by molar-refractivity contribution is 5.79. The third-order valence-electron chi connectivity index (χ3n) is 5.05. The number of methoxy groups -OCH3 is 1. The Kier molecular flexibility index (Phi) is 6.18. The minimum Gasteiger partial charge on any atom is -0.383 e. The number of hydrogen-bond donors (Lipinski definition) is 0. The van der Waals surface area contributed by atoms with Crippen LogP contribution in [0.2, 0.25) is 0 Å². The van der Waals surface area contributed by atoms with Gasteiger partial charge in [0.15, 0.2) is 0 Å². The predicted octanol–water partition coefficient (Wildman–Crippen LogP) is 0.694. The minimum atomic E-state index is 0.173. The Hall–Kier alpha value is -1.50. The Morgan fingerprint density at radius 3 is 2.79 bits per heavy atom. The molecule has 1 aromatic rings. The SMILES string of the molecule is COCCN1CC[C@H](C(=O)N2CCN(Cc3cccnc3)CC2)C1. The van der Waals surface area contributed by atoms with Gasteiger partial charge in [0.25, 0.3) is 0 Å². The van der Waals surface area contributed by atoms with Gasteiger partial charge in [0.05, 0.1) is 12.5 Å². The Labute approximate surface area is 144 Å². The fourth-order valence-electron chi connectivity index (χ4n) is 3.59. The monoisotopic (exact) mass is 332 g/mol. The summed E-state index contributed by atoms with van der Waals surface area (Å²) in [5, 5.41) is 0. The molecule has 0 aliphatic carbocycles. The Morgan fingerprint density at radius 2 is 2.08 bits per heavy atom. The number of likely N-dealkylation sites (tertiary alicyclic amines) is 1. The molecule has 0 unspecified atom stereocenters. The molecule has 1 atom stereocenters. The van der Waals surface area contributed by atoms with Crippen LogP contribution in [0.1, 0.15) is 12.0 Å². The molecule has 2 aliphatic rings. The van der Waals surface area contributed by atoms with Crippen molar-refractivity contribution in [2.24, 2.45) is 5.92 Å². The van der Waals surface area contributed by atoms with Crippen molar-refractivity contribution in [2.75, 3.05) is 59.5 Å². The zero-order valence-corrected chi connectivity index (χ0v) is 14.6. The lowest BCUT2D eigenvalue weighted by Gasteiger charge is -2.36. The van der Waals surface area contributed by atoms with E-state index in [1.807, 2.05) is 12.3 Å². The average molecular weight is 332 g/mol. The molecule has 0 aromatic carbocycles. The number of pyridine rings is 1. The van der Waals surface area contributed by atoms with Gasteiger partial charge in [0, 0.05) is 65.3 Å². The first kappa shape index (κ1) is 17.3. The number of hydrogen-bond acceptors (Lipinski definition) is 5. The van der Waals surface area contributed by atoms with Crippen LogP contribution in [0.25, 0.3) is 0 Å². The first-order chi connectivity index (χ1) is 11.8. The van der Waals surface area contributed by atoms with E-state index in [0.29, 0.717) is 5.91 Å². The van der Waals surface area contributed by atoms with E-state index >= 15 is 0 Å². The molecule has 2 saturated heterocycles. The number of aromatic nitrogens is 1. The lowest BCUT2D eigenvalue weighted by molar-refractivity contribution is -0.137. The van der Waals surface area contributed by atoms with Gasteiger partial charge in [0.1, 0.15) is 0 Å². The van der Waals surface area contributed by atoms with Gasteiger partial charge >= 0.3 is 0 Å². The number of ether oxygens (including phenoxy) is 1. The molecule has 1 amide bonds. The highest BCUT2D eigenvalue weighted by atomic mass is 16.5. The molecule has 0 bridgehead atoms. The van der Waals surface area contributed by atoms with E-state index in [1.165, 1.54) is 5.56 Å².